The molecule has 3 aromatic rings. The van der Waals surface area contributed by atoms with E-state index in [0.717, 1.165) is 33.5 Å². The number of nitrogens with zero attached hydrogens (tertiary/aromatic N) is 1. The minimum absolute atomic E-state index is 0.674. The van der Waals surface area contributed by atoms with Gasteiger partial charge in [-0.1, -0.05) is 67.3 Å². The van der Waals surface area contributed by atoms with Crippen molar-refractivity contribution in [3.8, 4) is 33.8 Å². The largest absolute Gasteiger partial charge is 0.493 e. The Morgan fingerprint density at radius 1 is 0.893 bits per heavy atom. The molecule has 0 heterocycles. The molecule has 142 valence electrons. The lowest BCUT2D eigenvalue weighted by molar-refractivity contribution is 0.356. The van der Waals surface area contributed by atoms with Crippen molar-refractivity contribution < 1.29 is 9.47 Å². The Kier molecular flexibility index (Phi) is 5.95. The first-order valence-electron chi connectivity index (χ1n) is 9.15. The highest BCUT2D eigenvalue weighted by Gasteiger charge is 2.20. The summed E-state index contributed by atoms with van der Waals surface area (Å²) in [5.74, 6) is 1.37. The number of hydrogen-bond donors (Lipinski definition) is 0. The third-order valence-electron chi connectivity index (χ3n) is 4.92. The average Bonchev–Trinajstić information content (AvgIpc) is 2.77. The van der Waals surface area contributed by atoms with Gasteiger partial charge in [0.2, 0.25) is 0 Å². The van der Waals surface area contributed by atoms with Crippen molar-refractivity contribution in [2.75, 3.05) is 21.3 Å². The average molecular weight is 371 g/mol. The molecule has 0 N–H and O–H groups in total. The molecule has 0 atom stereocenters. The van der Waals surface area contributed by atoms with Gasteiger partial charge < -0.3 is 9.47 Å². The molecule has 3 heteroatoms. The van der Waals surface area contributed by atoms with Gasteiger partial charge in [-0.15, -0.1) is 0 Å². The fourth-order valence-corrected chi connectivity index (χ4v) is 3.39. The maximum Gasteiger partial charge on any atom is 0.169 e. The van der Waals surface area contributed by atoms with Gasteiger partial charge in [-0.2, -0.15) is 0 Å². The lowest BCUT2D eigenvalue weighted by Gasteiger charge is -2.19. The number of rotatable bonds is 6. The quantitative estimate of drug-likeness (QED) is 0.489. The summed E-state index contributed by atoms with van der Waals surface area (Å²) in [6.45, 7) is 6.02. The van der Waals surface area contributed by atoms with Crippen molar-refractivity contribution in [2.24, 2.45) is 4.99 Å². The van der Waals surface area contributed by atoms with Crippen molar-refractivity contribution in [1.29, 1.82) is 0 Å². The monoisotopic (exact) mass is 371 g/mol. The number of benzene rings is 3. The molecule has 0 saturated carbocycles. The van der Waals surface area contributed by atoms with Crippen LogP contribution < -0.4 is 9.47 Å². The van der Waals surface area contributed by atoms with Crippen molar-refractivity contribution >= 4 is 11.8 Å². The zero-order chi connectivity index (χ0) is 20.1. The normalized spacial score (nSPS) is 11.2. The van der Waals surface area contributed by atoms with Crippen LogP contribution in [0.3, 0.4) is 0 Å². The van der Waals surface area contributed by atoms with Crippen LogP contribution in [-0.2, 0) is 0 Å². The van der Waals surface area contributed by atoms with E-state index in [1.54, 1.807) is 21.3 Å². The predicted molar refractivity (Wildman–Crippen MR) is 119 cm³/mol. The molecule has 0 aromatic heterocycles. The Morgan fingerprint density at radius 2 is 1.50 bits per heavy atom. The highest BCUT2D eigenvalue weighted by atomic mass is 16.5. The first kappa shape index (κ1) is 19.4. The summed E-state index contributed by atoms with van der Waals surface area (Å²) < 4.78 is 11.3. The highest BCUT2D eigenvalue weighted by molar-refractivity contribution is 6.05. The summed E-state index contributed by atoms with van der Waals surface area (Å²) in [5.41, 5.74) is 7.22. The second-order valence-corrected chi connectivity index (χ2v) is 6.40. The van der Waals surface area contributed by atoms with Crippen LogP contribution in [-0.4, -0.2) is 27.0 Å². The highest BCUT2D eigenvalue weighted by Crippen LogP contribution is 2.43. The Labute approximate surface area is 167 Å². The Hall–Kier alpha value is -3.33. The Morgan fingerprint density at radius 3 is 2.04 bits per heavy atom. The van der Waals surface area contributed by atoms with Gasteiger partial charge in [0.25, 0.3) is 0 Å². The van der Waals surface area contributed by atoms with Crippen LogP contribution in [0, 0.1) is 0 Å². The van der Waals surface area contributed by atoms with E-state index in [4.69, 9.17) is 9.47 Å². The molecular weight excluding hydrogens is 346 g/mol. The summed E-state index contributed by atoms with van der Waals surface area (Å²) in [4.78, 5) is 4.36. The van der Waals surface area contributed by atoms with E-state index in [1.807, 2.05) is 37.3 Å². The molecule has 0 aliphatic rings. The maximum atomic E-state index is 5.73. The van der Waals surface area contributed by atoms with E-state index in [9.17, 15) is 0 Å². The lowest BCUT2D eigenvalue weighted by atomic mass is 9.91. The lowest BCUT2D eigenvalue weighted by Crippen LogP contribution is -2.04. The van der Waals surface area contributed by atoms with Gasteiger partial charge in [-0.25, -0.2) is 0 Å². The van der Waals surface area contributed by atoms with Crippen LogP contribution in [0.15, 0.2) is 72.2 Å². The van der Waals surface area contributed by atoms with Crippen molar-refractivity contribution in [1.82, 2.24) is 0 Å². The van der Waals surface area contributed by atoms with E-state index >= 15 is 0 Å². The third-order valence-corrected chi connectivity index (χ3v) is 4.92. The minimum atomic E-state index is 0.674. The van der Waals surface area contributed by atoms with E-state index in [2.05, 4.69) is 48.0 Å². The number of methoxy groups -OCH3 is 2. The smallest absolute Gasteiger partial charge is 0.169 e. The molecule has 0 aliphatic carbocycles. The van der Waals surface area contributed by atoms with E-state index in [0.29, 0.717) is 11.5 Å². The summed E-state index contributed by atoms with van der Waals surface area (Å²) in [6, 6.07) is 20.7. The van der Waals surface area contributed by atoms with E-state index in [1.165, 1.54) is 5.56 Å². The Bertz CT molecular complexity index is 1000. The molecule has 3 nitrogen and oxygen atoms in total. The van der Waals surface area contributed by atoms with Crippen LogP contribution in [0.2, 0.25) is 0 Å². The maximum absolute atomic E-state index is 5.73. The molecule has 0 aliphatic heterocycles. The van der Waals surface area contributed by atoms with E-state index in [-0.39, 0.29) is 0 Å². The minimum Gasteiger partial charge on any atom is -0.493 e. The molecule has 3 aromatic carbocycles. The molecule has 28 heavy (non-hydrogen) atoms. The van der Waals surface area contributed by atoms with Crippen LogP contribution in [0.5, 0.6) is 11.5 Å². The first-order valence-corrected chi connectivity index (χ1v) is 9.15. The predicted octanol–water partition coefficient (Wildman–Crippen LogP) is 6.12. The second-order valence-electron chi connectivity index (χ2n) is 6.40. The van der Waals surface area contributed by atoms with Crippen LogP contribution in [0.4, 0.5) is 0 Å². The summed E-state index contributed by atoms with van der Waals surface area (Å²) in [7, 11) is 5.09. The number of aliphatic imine (C=N–C) groups is 1. The molecule has 0 fully saturated rings. The summed E-state index contributed by atoms with van der Waals surface area (Å²) >= 11 is 0. The fourth-order valence-electron chi connectivity index (χ4n) is 3.39. The van der Waals surface area contributed by atoms with Gasteiger partial charge in [0, 0.05) is 23.9 Å². The molecule has 0 spiro atoms. The van der Waals surface area contributed by atoms with Crippen LogP contribution in [0.25, 0.3) is 28.3 Å². The first-order chi connectivity index (χ1) is 13.6. The summed E-state index contributed by atoms with van der Waals surface area (Å²) in [6.07, 6.45) is 1.85. The van der Waals surface area contributed by atoms with Gasteiger partial charge in [-0.3, -0.25) is 4.99 Å². The molecule has 0 bridgehead atoms. The van der Waals surface area contributed by atoms with Crippen molar-refractivity contribution in [3.63, 3.8) is 0 Å². The van der Waals surface area contributed by atoms with E-state index < -0.39 is 0 Å². The zero-order valence-corrected chi connectivity index (χ0v) is 16.8. The topological polar surface area (TPSA) is 30.8 Å². The van der Waals surface area contributed by atoms with Crippen LogP contribution in [0.1, 0.15) is 18.1 Å². The molecule has 0 saturated heterocycles. The molecule has 0 unspecified atom stereocenters. The van der Waals surface area contributed by atoms with Gasteiger partial charge >= 0.3 is 0 Å². The standard InChI is InChI=1S/C25H25NO2/c1-6-21-22(17(2)26-3)16-23(27-4)25(28-5)24(21)20-14-12-19(13-15-20)18-10-8-7-9-11-18/h6-16H,1H2,2-5H3. The van der Waals surface area contributed by atoms with Crippen molar-refractivity contribution in [2.45, 2.75) is 6.92 Å². The third kappa shape index (κ3) is 3.56. The Balaban J connectivity index is 2.23. The molecule has 0 amide bonds. The second kappa shape index (κ2) is 8.57. The van der Waals surface area contributed by atoms with Crippen molar-refractivity contribution in [3.05, 3.63) is 78.4 Å². The summed E-state index contributed by atoms with van der Waals surface area (Å²) in [5, 5.41) is 0. The van der Waals surface area contributed by atoms with Gasteiger partial charge in [-0.05, 0) is 35.2 Å². The molecule has 3 rings (SSSR count). The number of ether oxygens (including phenoxy) is 2. The van der Waals surface area contributed by atoms with Gasteiger partial charge in [0.1, 0.15) is 0 Å². The molecule has 0 radical (unpaired) electrons. The molecular formula is C25H25NO2. The SMILES string of the molecule is C=Cc1c(C(C)=NC)cc(OC)c(OC)c1-c1ccc(-c2ccccc2)cc1. The zero-order valence-electron chi connectivity index (χ0n) is 16.8. The van der Waals surface area contributed by atoms with Gasteiger partial charge in [0.15, 0.2) is 11.5 Å². The van der Waals surface area contributed by atoms with Crippen LogP contribution >= 0.6 is 0 Å². The van der Waals surface area contributed by atoms with Gasteiger partial charge in [0.05, 0.1) is 14.2 Å². The fraction of sp³-hybridized carbons (Fsp3) is 0.160. The number of hydrogen-bond acceptors (Lipinski definition) is 3.